The van der Waals surface area contributed by atoms with Gasteiger partial charge in [-0.15, -0.1) is 0 Å². The van der Waals surface area contributed by atoms with E-state index in [1.165, 1.54) is 0 Å². The number of oxazole rings is 1. The van der Waals surface area contributed by atoms with Crippen molar-refractivity contribution in [3.05, 3.63) is 47.7 Å². The molecule has 5 nitrogen and oxygen atoms in total. The third kappa shape index (κ3) is 3.85. The van der Waals surface area contributed by atoms with Gasteiger partial charge in [-0.3, -0.25) is 4.79 Å². The van der Waals surface area contributed by atoms with Gasteiger partial charge in [0.1, 0.15) is 12.0 Å². The van der Waals surface area contributed by atoms with E-state index < -0.39 is 0 Å². The number of ether oxygens (including phenoxy) is 1. The van der Waals surface area contributed by atoms with E-state index in [4.69, 9.17) is 9.15 Å². The van der Waals surface area contributed by atoms with Crippen molar-refractivity contribution in [3.63, 3.8) is 0 Å². The molecule has 0 atom stereocenters. The molecular weight excluding hydrogens is 256 g/mol. The van der Waals surface area contributed by atoms with E-state index in [1.54, 1.807) is 20.3 Å². The van der Waals surface area contributed by atoms with E-state index in [0.29, 0.717) is 25.3 Å². The van der Waals surface area contributed by atoms with Gasteiger partial charge in [0.15, 0.2) is 5.89 Å². The number of carbonyl (C=O) groups is 1. The molecule has 0 radical (unpaired) electrons. The van der Waals surface area contributed by atoms with Crippen molar-refractivity contribution in [1.82, 2.24) is 10.3 Å². The smallest absolute Gasteiger partial charge is 0.224 e. The fraction of sp³-hybridized carbons (Fsp3) is 0.333. The number of para-hydroxylation sites is 1. The highest BCUT2D eigenvalue weighted by atomic mass is 16.5. The highest BCUT2D eigenvalue weighted by Gasteiger charge is 2.08. The summed E-state index contributed by atoms with van der Waals surface area (Å²) in [6, 6.07) is 7.51. The van der Waals surface area contributed by atoms with Crippen molar-refractivity contribution in [1.29, 1.82) is 0 Å². The van der Waals surface area contributed by atoms with Gasteiger partial charge < -0.3 is 14.5 Å². The maximum atomic E-state index is 11.9. The minimum atomic E-state index is -0.0327. The van der Waals surface area contributed by atoms with Crippen LogP contribution in [0.5, 0.6) is 5.75 Å². The highest BCUT2D eigenvalue weighted by Crippen LogP contribution is 2.17. The molecule has 0 spiro atoms. The molecule has 0 unspecified atom stereocenters. The molecule has 1 aromatic heterocycles. The zero-order valence-corrected chi connectivity index (χ0v) is 11.7. The number of benzene rings is 1. The summed E-state index contributed by atoms with van der Waals surface area (Å²) in [6.07, 6.45) is 2.58. The summed E-state index contributed by atoms with van der Waals surface area (Å²) in [5.41, 5.74) is 1.73. The predicted octanol–water partition coefficient (Wildman–Crippen LogP) is 1.89. The zero-order chi connectivity index (χ0) is 14.4. The predicted molar refractivity (Wildman–Crippen MR) is 74.7 cm³/mol. The quantitative estimate of drug-likeness (QED) is 0.873. The van der Waals surface area contributed by atoms with Crippen LogP contribution in [0.25, 0.3) is 0 Å². The third-order valence-electron chi connectivity index (χ3n) is 2.91. The molecule has 0 saturated heterocycles. The average molecular weight is 274 g/mol. The van der Waals surface area contributed by atoms with Crippen molar-refractivity contribution in [2.75, 3.05) is 13.7 Å². The number of nitrogens with zero attached hydrogens (tertiary/aromatic N) is 1. The normalized spacial score (nSPS) is 10.3. The van der Waals surface area contributed by atoms with Crippen LogP contribution in [0.2, 0.25) is 0 Å². The number of methoxy groups -OCH3 is 1. The van der Waals surface area contributed by atoms with E-state index in [9.17, 15) is 4.79 Å². The molecule has 106 valence electrons. The van der Waals surface area contributed by atoms with Crippen molar-refractivity contribution in [3.8, 4) is 5.75 Å². The maximum Gasteiger partial charge on any atom is 0.224 e. The maximum absolute atomic E-state index is 11.9. The van der Waals surface area contributed by atoms with Gasteiger partial charge in [-0.25, -0.2) is 4.98 Å². The van der Waals surface area contributed by atoms with Gasteiger partial charge in [-0.1, -0.05) is 18.2 Å². The number of rotatable bonds is 6. The standard InChI is InChI=1S/C15H18N2O3/c1-11-17-13(10-20-11)7-8-16-15(18)9-12-5-3-4-6-14(12)19-2/h3-6,10H,7-9H2,1-2H3,(H,16,18). The lowest BCUT2D eigenvalue weighted by molar-refractivity contribution is -0.120. The topological polar surface area (TPSA) is 64.4 Å². The number of nitrogens with one attached hydrogen (secondary N) is 1. The first-order valence-corrected chi connectivity index (χ1v) is 6.48. The van der Waals surface area contributed by atoms with Crippen LogP contribution in [0.15, 0.2) is 34.9 Å². The van der Waals surface area contributed by atoms with E-state index in [2.05, 4.69) is 10.3 Å². The van der Waals surface area contributed by atoms with Gasteiger partial charge >= 0.3 is 0 Å². The van der Waals surface area contributed by atoms with Gasteiger partial charge in [-0.05, 0) is 6.07 Å². The second-order valence-electron chi connectivity index (χ2n) is 4.45. The molecule has 2 rings (SSSR count). The summed E-state index contributed by atoms with van der Waals surface area (Å²) in [5.74, 6) is 1.34. The molecule has 1 amide bonds. The summed E-state index contributed by atoms with van der Waals surface area (Å²) in [4.78, 5) is 16.0. The lowest BCUT2D eigenvalue weighted by Crippen LogP contribution is -2.27. The minimum Gasteiger partial charge on any atom is -0.496 e. The number of carbonyl (C=O) groups excluding carboxylic acids is 1. The van der Waals surface area contributed by atoms with Crippen LogP contribution in [0.3, 0.4) is 0 Å². The van der Waals surface area contributed by atoms with Crippen LogP contribution in [0, 0.1) is 6.92 Å². The Kier molecular flexibility index (Phi) is 4.76. The molecule has 0 aliphatic rings. The van der Waals surface area contributed by atoms with Crippen molar-refractivity contribution in [2.45, 2.75) is 19.8 Å². The Morgan fingerprint density at radius 1 is 1.40 bits per heavy atom. The minimum absolute atomic E-state index is 0.0327. The van der Waals surface area contributed by atoms with Crippen molar-refractivity contribution < 1.29 is 13.9 Å². The third-order valence-corrected chi connectivity index (χ3v) is 2.91. The fourth-order valence-corrected chi connectivity index (χ4v) is 1.94. The molecule has 2 aromatic rings. The number of hydrogen-bond donors (Lipinski definition) is 1. The Morgan fingerprint density at radius 3 is 2.90 bits per heavy atom. The lowest BCUT2D eigenvalue weighted by atomic mass is 10.1. The second-order valence-corrected chi connectivity index (χ2v) is 4.45. The first-order chi connectivity index (χ1) is 9.69. The molecule has 5 heteroatoms. The highest BCUT2D eigenvalue weighted by molar-refractivity contribution is 5.79. The monoisotopic (exact) mass is 274 g/mol. The molecule has 0 fully saturated rings. The van der Waals surface area contributed by atoms with Gasteiger partial charge in [0.2, 0.25) is 5.91 Å². The molecule has 1 aromatic carbocycles. The first-order valence-electron chi connectivity index (χ1n) is 6.48. The SMILES string of the molecule is COc1ccccc1CC(=O)NCCc1coc(C)n1. The molecule has 0 bridgehead atoms. The molecule has 20 heavy (non-hydrogen) atoms. The number of aryl methyl sites for hydroxylation is 1. The Hall–Kier alpha value is -2.30. The summed E-state index contributed by atoms with van der Waals surface area (Å²) in [5, 5.41) is 2.86. The summed E-state index contributed by atoms with van der Waals surface area (Å²) in [7, 11) is 1.60. The van der Waals surface area contributed by atoms with Crippen LogP contribution < -0.4 is 10.1 Å². The first kappa shape index (κ1) is 14.1. The Morgan fingerprint density at radius 2 is 2.20 bits per heavy atom. The lowest BCUT2D eigenvalue weighted by Gasteiger charge is -2.08. The molecule has 0 aliphatic heterocycles. The largest absolute Gasteiger partial charge is 0.496 e. The summed E-state index contributed by atoms with van der Waals surface area (Å²) in [6.45, 7) is 2.34. The Labute approximate surface area is 118 Å². The zero-order valence-electron chi connectivity index (χ0n) is 11.7. The molecule has 0 saturated carbocycles. The average Bonchev–Trinajstić information content (AvgIpc) is 2.85. The molecule has 1 heterocycles. The number of hydrogen-bond acceptors (Lipinski definition) is 4. The number of amides is 1. The molecule has 0 aliphatic carbocycles. The Bertz CT molecular complexity index is 578. The van der Waals surface area contributed by atoms with Crippen LogP contribution in [-0.4, -0.2) is 24.5 Å². The van der Waals surface area contributed by atoms with Crippen molar-refractivity contribution in [2.24, 2.45) is 0 Å². The van der Waals surface area contributed by atoms with E-state index in [-0.39, 0.29) is 5.91 Å². The van der Waals surface area contributed by atoms with Crippen molar-refractivity contribution >= 4 is 5.91 Å². The van der Waals surface area contributed by atoms with E-state index >= 15 is 0 Å². The van der Waals surface area contributed by atoms with Crippen LogP contribution in [0.4, 0.5) is 0 Å². The van der Waals surface area contributed by atoms with Gasteiger partial charge in [-0.2, -0.15) is 0 Å². The van der Waals surface area contributed by atoms with E-state index in [0.717, 1.165) is 17.0 Å². The Balaban J connectivity index is 1.80. The van der Waals surface area contributed by atoms with Gasteiger partial charge in [0.25, 0.3) is 0 Å². The van der Waals surface area contributed by atoms with Crippen LogP contribution in [0.1, 0.15) is 17.1 Å². The summed E-state index contributed by atoms with van der Waals surface area (Å²) >= 11 is 0. The summed E-state index contributed by atoms with van der Waals surface area (Å²) < 4.78 is 10.3. The van der Waals surface area contributed by atoms with Gasteiger partial charge in [0.05, 0.1) is 19.2 Å². The second kappa shape index (κ2) is 6.75. The van der Waals surface area contributed by atoms with Crippen LogP contribution in [-0.2, 0) is 17.6 Å². The molecular formula is C15H18N2O3. The fourth-order valence-electron chi connectivity index (χ4n) is 1.94. The van der Waals surface area contributed by atoms with Crippen LogP contribution >= 0.6 is 0 Å². The number of aromatic nitrogens is 1. The molecule has 1 N–H and O–H groups in total. The van der Waals surface area contributed by atoms with Gasteiger partial charge in [0, 0.05) is 25.5 Å². The van der Waals surface area contributed by atoms with E-state index in [1.807, 2.05) is 24.3 Å².